The average Bonchev–Trinajstić information content (AvgIpc) is 2.76. The number of fused-ring (bicyclic) bond motifs is 2. The topological polar surface area (TPSA) is 87.6 Å². The van der Waals surface area contributed by atoms with Gasteiger partial charge in [-0.1, -0.05) is 112 Å². The molecule has 0 atom stereocenters. The first kappa shape index (κ1) is 42.7. The minimum absolute atomic E-state index is 0. The Labute approximate surface area is 278 Å². The van der Waals surface area contributed by atoms with Crippen LogP contribution in [0.5, 0.6) is 0 Å². The van der Waals surface area contributed by atoms with E-state index in [2.05, 4.69) is 109 Å². The first-order valence-corrected chi connectivity index (χ1v) is 28.6. The molecule has 0 aromatic carbocycles. The molecule has 0 spiro atoms. The summed E-state index contributed by atoms with van der Waals surface area (Å²) in [6, 6.07) is 0. The van der Waals surface area contributed by atoms with Gasteiger partial charge >= 0.3 is 39.0 Å². The molecule has 0 aromatic rings. The van der Waals surface area contributed by atoms with Crippen molar-refractivity contribution in [3.05, 3.63) is 19.9 Å². The maximum absolute atomic E-state index is 4.82. The Balaban J connectivity index is 0. The van der Waals surface area contributed by atoms with Crippen molar-refractivity contribution in [1.82, 2.24) is 9.80 Å². The van der Waals surface area contributed by atoms with Gasteiger partial charge in [0.05, 0.1) is 0 Å². The second-order valence-electron chi connectivity index (χ2n) is 14.4. The molecule has 4 aliphatic heterocycles. The van der Waals surface area contributed by atoms with E-state index in [1.807, 2.05) is 0 Å². The molecular weight excluding hydrogens is 667 g/mol. The van der Waals surface area contributed by atoms with Crippen molar-refractivity contribution in [1.29, 1.82) is 0 Å². The second kappa shape index (κ2) is 19.8. The Morgan fingerprint density at radius 1 is 0.500 bits per heavy atom. The van der Waals surface area contributed by atoms with Gasteiger partial charge in [-0.25, -0.2) is 0 Å². The molecule has 8 nitrogen and oxygen atoms in total. The third-order valence-corrected chi connectivity index (χ3v) is 16.0. The monoisotopic (exact) mass is 724 g/mol. The van der Waals surface area contributed by atoms with E-state index in [0.717, 1.165) is 38.1 Å². The smallest absolute Gasteiger partial charge is 0.668 e. The van der Waals surface area contributed by atoms with Crippen LogP contribution < -0.4 is 0 Å². The summed E-state index contributed by atoms with van der Waals surface area (Å²) in [5.41, 5.74) is 0. The summed E-state index contributed by atoms with van der Waals surface area (Å²) in [5.74, 6) is 2.02. The Morgan fingerprint density at radius 2 is 0.775 bits per heavy atom. The maximum Gasteiger partial charge on any atom is 2.00 e. The normalized spacial score (nSPS) is 18.7. The van der Waals surface area contributed by atoms with Gasteiger partial charge in [0.25, 0.3) is 0 Å². The molecule has 0 amide bonds. The summed E-state index contributed by atoms with van der Waals surface area (Å²) in [6.45, 7) is 36.2. The second-order valence-corrected chi connectivity index (χ2v) is 33.6. The van der Waals surface area contributed by atoms with E-state index >= 15 is 0 Å². The predicted octanol–water partition coefficient (Wildman–Crippen LogP) is 7.71. The molecule has 2 saturated heterocycles. The van der Waals surface area contributed by atoms with E-state index in [-0.39, 0.29) is 39.0 Å². The zero-order chi connectivity index (χ0) is 29.0. The fourth-order valence-corrected chi connectivity index (χ4v) is 21.0. The molecule has 0 aromatic heterocycles. The van der Waals surface area contributed by atoms with Gasteiger partial charge in [-0.15, -0.1) is 0 Å². The van der Waals surface area contributed by atoms with Crippen LogP contribution in [0.3, 0.4) is 0 Å². The first-order chi connectivity index (χ1) is 17.3. The van der Waals surface area contributed by atoms with Crippen molar-refractivity contribution in [3.63, 3.8) is 0 Å². The third-order valence-electron chi connectivity index (χ3n) is 5.26. The molecular formula is C26H60N8Si4Zn2. The summed E-state index contributed by atoms with van der Waals surface area (Å²) in [6.07, 6.45) is 4.83. The van der Waals surface area contributed by atoms with Crippen LogP contribution in [-0.4, -0.2) is 107 Å². The summed E-state index contributed by atoms with van der Waals surface area (Å²) in [7, 11) is -4.42. The third kappa shape index (κ3) is 23.1. The van der Waals surface area contributed by atoms with Gasteiger partial charge in [0.1, 0.15) is 0 Å². The zero-order valence-electron chi connectivity index (χ0n) is 28.5. The van der Waals surface area contributed by atoms with Crippen molar-refractivity contribution < 1.29 is 39.0 Å². The van der Waals surface area contributed by atoms with Crippen LogP contribution in [0.1, 0.15) is 25.7 Å². The van der Waals surface area contributed by atoms with Crippen molar-refractivity contribution >= 4 is 44.9 Å². The van der Waals surface area contributed by atoms with Crippen LogP contribution >= 0.6 is 0 Å². The molecule has 224 valence electrons. The number of aliphatic imine (C=N–C) groups is 2. The van der Waals surface area contributed by atoms with Crippen molar-refractivity contribution in [3.8, 4) is 0 Å². The molecule has 2 fully saturated rings. The van der Waals surface area contributed by atoms with Crippen LogP contribution in [0.25, 0.3) is 19.9 Å². The average molecular weight is 728 g/mol. The minimum Gasteiger partial charge on any atom is -0.668 e. The fourth-order valence-electron chi connectivity index (χ4n) is 4.90. The van der Waals surface area contributed by atoms with Crippen LogP contribution in [-0.2, 0) is 39.0 Å². The minimum atomic E-state index is -1.11. The first-order valence-electron chi connectivity index (χ1n) is 14.8. The van der Waals surface area contributed by atoms with Crippen LogP contribution in [0.4, 0.5) is 0 Å². The quantitative estimate of drug-likeness (QED) is 0.278. The Morgan fingerprint density at radius 3 is 1.00 bits per heavy atom. The van der Waals surface area contributed by atoms with Gasteiger partial charge in [0.2, 0.25) is 0 Å². The number of hydrogen-bond acceptors (Lipinski definition) is 4. The van der Waals surface area contributed by atoms with E-state index in [9.17, 15) is 0 Å². The van der Waals surface area contributed by atoms with Crippen LogP contribution in [0, 0.1) is 0 Å². The Kier molecular flexibility index (Phi) is 21.1. The van der Waals surface area contributed by atoms with Crippen molar-refractivity contribution in [2.45, 2.75) is 104 Å². The van der Waals surface area contributed by atoms with Gasteiger partial charge in [-0.3, -0.25) is 0 Å². The summed E-state index contributed by atoms with van der Waals surface area (Å²) >= 11 is 0. The molecule has 40 heavy (non-hydrogen) atoms. The molecule has 0 aliphatic carbocycles. The van der Waals surface area contributed by atoms with E-state index in [0.29, 0.717) is 0 Å². The molecule has 14 heteroatoms. The van der Waals surface area contributed by atoms with Crippen molar-refractivity contribution in [2.24, 2.45) is 9.98 Å². The van der Waals surface area contributed by atoms with Crippen LogP contribution in [0.15, 0.2) is 9.98 Å². The fraction of sp³-hybridized carbons (Fsp3) is 0.923. The molecule has 4 heterocycles. The SMILES string of the molecule is C1CN=C2[N-]CCCN2C1.C1CN=C2[N-]CCCN2C1.C[Si](C)(C)[N-][Si](C)(C)C.C[Si](C)(C)[N-][Si](C)(C)C.[Zn+2].[Zn+2]. The standard InChI is InChI=1S/2C7H12N3.2C6H18NSi2.2Zn/c2*1-3-8-7-9-4-2-6-10(7)5-1;2*1-8(2,3)7-9(4,5)6;;/h2*1-6H2;2*1-6H3;;/q4*-1;2*+2. The zero-order valence-corrected chi connectivity index (χ0v) is 38.4. The number of rotatable bonds is 4. The van der Waals surface area contributed by atoms with Gasteiger partial charge in [0, 0.05) is 11.9 Å². The van der Waals surface area contributed by atoms with Crippen molar-refractivity contribution in [2.75, 3.05) is 52.4 Å². The maximum atomic E-state index is 4.82. The number of guanidine groups is 2. The largest absolute Gasteiger partial charge is 2.00 e. The Bertz CT molecular complexity index is 659. The van der Waals surface area contributed by atoms with Gasteiger partial charge in [0.15, 0.2) is 0 Å². The molecule has 0 N–H and O–H groups in total. The molecule has 0 unspecified atom stereocenters. The van der Waals surface area contributed by atoms with Gasteiger partial charge in [-0.2, -0.15) is 0 Å². The Hall–Kier alpha value is 0.574. The molecule has 4 aliphatic rings. The van der Waals surface area contributed by atoms with E-state index in [1.54, 1.807) is 0 Å². The van der Waals surface area contributed by atoms with E-state index in [1.165, 1.54) is 51.9 Å². The molecule has 4 rings (SSSR count). The molecule has 0 bridgehead atoms. The van der Waals surface area contributed by atoms with E-state index < -0.39 is 32.9 Å². The number of hydrogen-bond donors (Lipinski definition) is 0. The summed E-state index contributed by atoms with van der Waals surface area (Å²) in [5, 5.41) is 8.65. The predicted molar refractivity (Wildman–Crippen MR) is 183 cm³/mol. The van der Waals surface area contributed by atoms with E-state index in [4.69, 9.17) is 9.30 Å². The molecule has 0 saturated carbocycles. The van der Waals surface area contributed by atoms with Gasteiger partial charge < -0.3 is 39.7 Å². The van der Waals surface area contributed by atoms with Gasteiger partial charge in [-0.05, 0) is 78.0 Å². The van der Waals surface area contributed by atoms with Crippen LogP contribution in [0.2, 0.25) is 78.6 Å². The molecule has 0 radical (unpaired) electrons. The summed E-state index contributed by atoms with van der Waals surface area (Å²) < 4.78 is 9.64. The summed E-state index contributed by atoms with van der Waals surface area (Å²) in [4.78, 5) is 13.2. The number of nitrogens with zero attached hydrogens (tertiary/aromatic N) is 8.